The number of carbonyl (C=O) groups is 2. The molecule has 6 heteroatoms. The lowest BCUT2D eigenvalue weighted by atomic mass is 10.1. The molecule has 6 nitrogen and oxygen atoms in total. The van der Waals surface area contributed by atoms with Crippen molar-refractivity contribution in [3.05, 3.63) is 54.1 Å². The van der Waals surface area contributed by atoms with E-state index in [-0.39, 0.29) is 29.9 Å². The number of benzene rings is 2. The maximum absolute atomic E-state index is 12.5. The average molecular weight is 393 g/mol. The third-order valence-corrected chi connectivity index (χ3v) is 5.78. The van der Waals surface area contributed by atoms with Crippen molar-refractivity contribution in [2.75, 3.05) is 36.0 Å². The molecule has 2 amide bonds. The Hall–Kier alpha value is -3.02. The Morgan fingerprint density at radius 2 is 1.66 bits per heavy atom. The van der Waals surface area contributed by atoms with E-state index >= 15 is 0 Å². The summed E-state index contributed by atoms with van der Waals surface area (Å²) in [6.45, 7) is 3.12. The number of anilines is 2. The molecule has 0 radical (unpaired) electrons. The largest absolute Gasteiger partial charge is 0.508 e. The zero-order valence-electron chi connectivity index (χ0n) is 16.5. The molecule has 2 aromatic rings. The van der Waals surface area contributed by atoms with E-state index in [1.54, 1.807) is 17.0 Å². The number of carbonyl (C=O) groups excluding carboxylic acids is 2. The van der Waals surface area contributed by atoms with Gasteiger partial charge in [-0.15, -0.1) is 0 Å². The van der Waals surface area contributed by atoms with Gasteiger partial charge in [0, 0.05) is 44.0 Å². The highest BCUT2D eigenvalue weighted by molar-refractivity contribution is 6.00. The molecule has 2 N–H and O–H groups in total. The molecule has 0 bridgehead atoms. The molecule has 2 aliphatic rings. The monoisotopic (exact) mass is 393 g/mol. The number of phenols is 1. The summed E-state index contributed by atoms with van der Waals surface area (Å²) in [6, 6.07) is 15.1. The summed E-state index contributed by atoms with van der Waals surface area (Å²) in [5, 5.41) is 12.3. The Balaban J connectivity index is 1.30. The first kappa shape index (κ1) is 19.3. The highest BCUT2D eigenvalue weighted by atomic mass is 16.3. The number of aromatic hydroxyl groups is 1. The van der Waals surface area contributed by atoms with Crippen molar-refractivity contribution in [1.82, 2.24) is 5.32 Å². The molecule has 1 unspecified atom stereocenters. The van der Waals surface area contributed by atoms with Crippen molar-refractivity contribution < 1.29 is 14.7 Å². The third-order valence-electron chi connectivity index (χ3n) is 5.78. The van der Waals surface area contributed by atoms with E-state index in [0.29, 0.717) is 19.5 Å². The summed E-state index contributed by atoms with van der Waals surface area (Å²) in [6.07, 6.45) is 3.40. The lowest BCUT2D eigenvalue weighted by molar-refractivity contribution is -0.126. The van der Waals surface area contributed by atoms with E-state index in [0.717, 1.165) is 24.3 Å². The zero-order chi connectivity index (χ0) is 20.2. The quantitative estimate of drug-likeness (QED) is 0.792. The molecule has 0 aliphatic carbocycles. The summed E-state index contributed by atoms with van der Waals surface area (Å²) in [7, 11) is 0. The number of hydrogen-bond acceptors (Lipinski definition) is 4. The first-order valence-corrected chi connectivity index (χ1v) is 10.3. The third kappa shape index (κ3) is 4.53. The molecule has 0 saturated carbocycles. The summed E-state index contributed by atoms with van der Waals surface area (Å²) in [5.74, 6) is -0.165. The van der Waals surface area contributed by atoms with E-state index < -0.39 is 0 Å². The lowest BCUT2D eigenvalue weighted by Crippen LogP contribution is -2.34. The van der Waals surface area contributed by atoms with Gasteiger partial charge in [0.05, 0.1) is 5.92 Å². The molecule has 152 valence electrons. The summed E-state index contributed by atoms with van der Waals surface area (Å²) in [4.78, 5) is 29.1. The molecular formula is C23H27N3O3. The van der Waals surface area contributed by atoms with Crippen LogP contribution >= 0.6 is 0 Å². The molecule has 0 spiro atoms. The lowest BCUT2D eigenvalue weighted by Gasteiger charge is -2.20. The maximum Gasteiger partial charge on any atom is 0.227 e. The van der Waals surface area contributed by atoms with Crippen LogP contribution in [0.5, 0.6) is 5.75 Å². The van der Waals surface area contributed by atoms with Crippen molar-refractivity contribution >= 4 is 23.2 Å². The average Bonchev–Trinajstić information content (AvgIpc) is 3.40. The number of phenolic OH excluding ortho intramolecular Hbond substituents is 1. The maximum atomic E-state index is 12.5. The second-order valence-electron chi connectivity index (χ2n) is 7.82. The van der Waals surface area contributed by atoms with Crippen LogP contribution in [0.1, 0.15) is 24.8 Å². The molecule has 1 atom stereocenters. The van der Waals surface area contributed by atoms with Crippen LogP contribution in [-0.2, 0) is 16.0 Å². The molecule has 29 heavy (non-hydrogen) atoms. The van der Waals surface area contributed by atoms with Gasteiger partial charge >= 0.3 is 0 Å². The smallest absolute Gasteiger partial charge is 0.227 e. The van der Waals surface area contributed by atoms with Crippen LogP contribution < -0.4 is 15.1 Å². The van der Waals surface area contributed by atoms with Crippen molar-refractivity contribution in [1.29, 1.82) is 0 Å². The second kappa shape index (κ2) is 8.55. The fourth-order valence-electron chi connectivity index (χ4n) is 4.09. The van der Waals surface area contributed by atoms with Gasteiger partial charge in [-0.05, 0) is 61.2 Å². The first-order valence-electron chi connectivity index (χ1n) is 10.3. The minimum atomic E-state index is -0.319. The van der Waals surface area contributed by atoms with Gasteiger partial charge in [0.25, 0.3) is 0 Å². The Morgan fingerprint density at radius 1 is 1.00 bits per heavy atom. The molecule has 2 heterocycles. The standard InChI is InChI=1S/C23H27N3O3/c27-21-9-3-17(4-10-21)11-12-24-23(29)18-15-22(28)26(16-18)20-7-5-19(6-8-20)25-13-1-2-14-25/h3-10,18,27H,1-2,11-16H2,(H,24,29). The summed E-state index contributed by atoms with van der Waals surface area (Å²) in [5.41, 5.74) is 3.10. The zero-order valence-corrected chi connectivity index (χ0v) is 16.5. The molecule has 0 aromatic heterocycles. The number of hydrogen-bond donors (Lipinski definition) is 2. The topological polar surface area (TPSA) is 72.9 Å². The van der Waals surface area contributed by atoms with Crippen LogP contribution in [0.2, 0.25) is 0 Å². The van der Waals surface area contributed by atoms with Crippen LogP contribution in [0.15, 0.2) is 48.5 Å². The van der Waals surface area contributed by atoms with Crippen LogP contribution in [0, 0.1) is 5.92 Å². The fourth-order valence-corrected chi connectivity index (χ4v) is 4.09. The van der Waals surface area contributed by atoms with Crippen LogP contribution in [0.25, 0.3) is 0 Å². The van der Waals surface area contributed by atoms with E-state index in [4.69, 9.17) is 0 Å². The van der Waals surface area contributed by atoms with Gasteiger partial charge in [0.1, 0.15) is 5.75 Å². The van der Waals surface area contributed by atoms with Gasteiger partial charge in [-0.3, -0.25) is 9.59 Å². The van der Waals surface area contributed by atoms with Crippen molar-refractivity contribution in [2.24, 2.45) is 5.92 Å². The number of amides is 2. The minimum absolute atomic E-state index is 0.00222. The Kier molecular flexibility index (Phi) is 5.69. The van der Waals surface area contributed by atoms with Crippen LogP contribution in [-0.4, -0.2) is 43.1 Å². The Labute approximate surface area is 171 Å². The highest BCUT2D eigenvalue weighted by Gasteiger charge is 2.35. The number of nitrogens with one attached hydrogen (secondary N) is 1. The molecule has 4 rings (SSSR count). The summed E-state index contributed by atoms with van der Waals surface area (Å²) >= 11 is 0. The predicted molar refractivity (Wildman–Crippen MR) is 113 cm³/mol. The second-order valence-corrected chi connectivity index (χ2v) is 7.82. The van der Waals surface area contributed by atoms with E-state index in [2.05, 4.69) is 22.3 Å². The first-order chi connectivity index (χ1) is 14.1. The Bertz CT molecular complexity index is 858. The molecule has 2 fully saturated rings. The van der Waals surface area contributed by atoms with Gasteiger partial charge in [0.2, 0.25) is 11.8 Å². The fraction of sp³-hybridized carbons (Fsp3) is 0.391. The molecule has 2 saturated heterocycles. The number of nitrogens with zero attached hydrogens (tertiary/aromatic N) is 2. The van der Waals surface area contributed by atoms with Gasteiger partial charge in [-0.2, -0.15) is 0 Å². The van der Waals surface area contributed by atoms with Crippen molar-refractivity contribution in [2.45, 2.75) is 25.7 Å². The normalized spacial score (nSPS) is 19.0. The van der Waals surface area contributed by atoms with Gasteiger partial charge < -0.3 is 20.2 Å². The number of rotatable bonds is 6. The van der Waals surface area contributed by atoms with Crippen LogP contribution in [0.3, 0.4) is 0 Å². The Morgan fingerprint density at radius 3 is 2.34 bits per heavy atom. The highest BCUT2D eigenvalue weighted by Crippen LogP contribution is 2.28. The molecule has 2 aliphatic heterocycles. The molecular weight excluding hydrogens is 366 g/mol. The van der Waals surface area contributed by atoms with Crippen molar-refractivity contribution in [3.63, 3.8) is 0 Å². The van der Waals surface area contributed by atoms with Gasteiger partial charge in [0.15, 0.2) is 0 Å². The van der Waals surface area contributed by atoms with E-state index in [1.807, 2.05) is 24.3 Å². The van der Waals surface area contributed by atoms with Gasteiger partial charge in [-0.1, -0.05) is 12.1 Å². The van der Waals surface area contributed by atoms with E-state index in [9.17, 15) is 14.7 Å². The predicted octanol–water partition coefficient (Wildman–Crippen LogP) is 2.70. The minimum Gasteiger partial charge on any atom is -0.508 e. The SMILES string of the molecule is O=C(NCCc1ccc(O)cc1)C1CC(=O)N(c2ccc(N3CCCC3)cc2)C1. The van der Waals surface area contributed by atoms with Crippen LogP contribution in [0.4, 0.5) is 11.4 Å². The van der Waals surface area contributed by atoms with Crippen molar-refractivity contribution in [3.8, 4) is 5.75 Å². The van der Waals surface area contributed by atoms with E-state index in [1.165, 1.54) is 18.5 Å². The summed E-state index contributed by atoms with van der Waals surface area (Å²) < 4.78 is 0. The molecule has 2 aromatic carbocycles. The van der Waals surface area contributed by atoms with Gasteiger partial charge in [-0.25, -0.2) is 0 Å².